The van der Waals surface area contributed by atoms with Crippen LogP contribution in [0, 0.1) is 0 Å². The number of H-pyrrole nitrogens is 1. The van der Waals surface area contributed by atoms with Gasteiger partial charge in [-0.1, -0.05) is 6.07 Å². The number of aliphatic hydroxyl groups is 1. The summed E-state index contributed by atoms with van der Waals surface area (Å²) in [6.07, 6.45) is 3.12. The van der Waals surface area contributed by atoms with Gasteiger partial charge in [-0.3, -0.25) is 9.78 Å². The van der Waals surface area contributed by atoms with Gasteiger partial charge in [0.25, 0.3) is 5.91 Å². The third kappa shape index (κ3) is 2.88. The maximum atomic E-state index is 11.6. The molecule has 0 unspecified atom stereocenters. The highest BCUT2D eigenvalue weighted by molar-refractivity contribution is 5.91. The van der Waals surface area contributed by atoms with Gasteiger partial charge in [0, 0.05) is 12.4 Å². The highest BCUT2D eigenvalue weighted by Crippen LogP contribution is 1.98. The van der Waals surface area contributed by atoms with E-state index in [1.54, 1.807) is 6.20 Å². The third-order valence-electron chi connectivity index (χ3n) is 2.17. The second-order valence-electron chi connectivity index (χ2n) is 3.39. The summed E-state index contributed by atoms with van der Waals surface area (Å²) in [6, 6.07) is 5.49. The Morgan fingerprint density at radius 1 is 1.47 bits per heavy atom. The smallest absolute Gasteiger partial charge is 0.271 e. The van der Waals surface area contributed by atoms with Crippen LogP contribution in [0.3, 0.4) is 0 Å². The summed E-state index contributed by atoms with van der Waals surface area (Å²) in [6.45, 7) is 0.133. The van der Waals surface area contributed by atoms with E-state index in [1.165, 1.54) is 6.20 Å². The predicted octanol–water partition coefficient (Wildman–Crippen LogP) is 0.227. The lowest BCUT2D eigenvalue weighted by Gasteiger charge is -2.01. The minimum atomic E-state index is -0.299. The van der Waals surface area contributed by atoms with E-state index in [2.05, 4.69) is 20.3 Å². The molecule has 0 radical (unpaired) electrons. The van der Waals surface area contributed by atoms with Crippen molar-refractivity contribution in [3.05, 3.63) is 47.8 Å². The van der Waals surface area contributed by atoms with Gasteiger partial charge in [0.05, 0.1) is 12.2 Å². The molecular weight excluding hydrogens is 220 g/mol. The standard InChI is InChI=1S/C11H12N4O2/c16-7-10-13-6-9(15-10)11(17)14-5-8-3-1-2-4-12-8/h1-4,6,16H,5,7H2,(H,13,15)(H,14,17). The first-order chi connectivity index (χ1) is 8.29. The van der Waals surface area contributed by atoms with Crippen LogP contribution in [0.1, 0.15) is 22.0 Å². The summed E-state index contributed by atoms with van der Waals surface area (Å²) in [4.78, 5) is 22.3. The Labute approximate surface area is 97.7 Å². The maximum Gasteiger partial charge on any atom is 0.271 e. The number of hydrogen-bond acceptors (Lipinski definition) is 4. The Morgan fingerprint density at radius 3 is 3.00 bits per heavy atom. The summed E-state index contributed by atoms with van der Waals surface area (Å²) >= 11 is 0. The van der Waals surface area contributed by atoms with Crippen LogP contribution in [0.4, 0.5) is 0 Å². The Bertz CT molecular complexity index is 495. The van der Waals surface area contributed by atoms with Crippen molar-refractivity contribution in [3.8, 4) is 0 Å². The number of pyridine rings is 1. The lowest BCUT2D eigenvalue weighted by molar-refractivity contribution is 0.0945. The van der Waals surface area contributed by atoms with Crippen LogP contribution in [0.15, 0.2) is 30.6 Å². The van der Waals surface area contributed by atoms with Crippen molar-refractivity contribution in [2.24, 2.45) is 0 Å². The molecule has 1 amide bonds. The van der Waals surface area contributed by atoms with Gasteiger partial charge in [0.2, 0.25) is 0 Å². The molecule has 88 valence electrons. The summed E-state index contributed by atoms with van der Waals surface area (Å²) in [5.74, 6) is 0.0691. The van der Waals surface area contributed by atoms with Crippen molar-refractivity contribution in [1.82, 2.24) is 20.3 Å². The van der Waals surface area contributed by atoms with Gasteiger partial charge in [-0.2, -0.15) is 0 Å². The van der Waals surface area contributed by atoms with E-state index >= 15 is 0 Å². The van der Waals surface area contributed by atoms with E-state index in [1.807, 2.05) is 18.2 Å². The van der Waals surface area contributed by atoms with E-state index in [4.69, 9.17) is 5.11 Å². The van der Waals surface area contributed by atoms with Crippen LogP contribution in [0.25, 0.3) is 0 Å². The minimum absolute atomic E-state index is 0.215. The number of imidazole rings is 1. The monoisotopic (exact) mass is 232 g/mol. The third-order valence-corrected chi connectivity index (χ3v) is 2.17. The fraction of sp³-hybridized carbons (Fsp3) is 0.182. The Hall–Kier alpha value is -2.21. The van der Waals surface area contributed by atoms with Gasteiger partial charge in [-0.05, 0) is 12.1 Å². The van der Waals surface area contributed by atoms with E-state index in [9.17, 15) is 4.79 Å². The van der Waals surface area contributed by atoms with E-state index in [-0.39, 0.29) is 18.2 Å². The molecule has 2 rings (SSSR count). The number of carbonyl (C=O) groups excluding carboxylic acids is 1. The molecule has 0 aliphatic carbocycles. The number of aliphatic hydroxyl groups excluding tert-OH is 1. The topological polar surface area (TPSA) is 90.9 Å². The van der Waals surface area contributed by atoms with Gasteiger partial charge in [-0.25, -0.2) is 4.98 Å². The quantitative estimate of drug-likeness (QED) is 0.703. The lowest BCUT2D eigenvalue weighted by atomic mass is 10.3. The number of nitrogens with zero attached hydrogens (tertiary/aromatic N) is 2. The number of rotatable bonds is 4. The predicted molar refractivity (Wildman–Crippen MR) is 59.9 cm³/mol. The molecule has 6 heteroatoms. The van der Waals surface area contributed by atoms with Gasteiger partial charge in [-0.15, -0.1) is 0 Å². The second-order valence-corrected chi connectivity index (χ2v) is 3.39. The average molecular weight is 232 g/mol. The summed E-state index contributed by atoms with van der Waals surface area (Å²) in [5.41, 5.74) is 1.03. The molecule has 0 saturated heterocycles. The molecule has 2 heterocycles. The molecule has 2 aromatic rings. The van der Waals surface area contributed by atoms with Crippen molar-refractivity contribution in [1.29, 1.82) is 0 Å². The molecule has 0 aliphatic rings. The summed E-state index contributed by atoms with van der Waals surface area (Å²) in [5, 5.41) is 11.5. The molecule has 0 atom stereocenters. The Balaban J connectivity index is 1.93. The number of nitrogens with one attached hydrogen (secondary N) is 2. The van der Waals surface area contributed by atoms with Crippen molar-refractivity contribution in [3.63, 3.8) is 0 Å². The Morgan fingerprint density at radius 2 is 2.35 bits per heavy atom. The van der Waals surface area contributed by atoms with E-state index in [0.29, 0.717) is 12.4 Å². The summed E-state index contributed by atoms with van der Waals surface area (Å²) in [7, 11) is 0. The molecular formula is C11H12N4O2. The van der Waals surface area contributed by atoms with Gasteiger partial charge in [0.15, 0.2) is 0 Å². The SMILES string of the molecule is O=C(NCc1ccccn1)c1c[nH]c(CO)n1. The summed E-state index contributed by atoms with van der Waals surface area (Å²) < 4.78 is 0. The fourth-order valence-electron chi connectivity index (χ4n) is 1.32. The molecule has 2 aromatic heterocycles. The molecule has 0 spiro atoms. The van der Waals surface area contributed by atoms with Crippen LogP contribution in [0.2, 0.25) is 0 Å². The number of carbonyl (C=O) groups is 1. The molecule has 0 aromatic carbocycles. The highest BCUT2D eigenvalue weighted by atomic mass is 16.3. The molecule has 0 aliphatic heterocycles. The highest BCUT2D eigenvalue weighted by Gasteiger charge is 2.09. The van der Waals surface area contributed by atoms with Crippen molar-refractivity contribution in [2.75, 3.05) is 0 Å². The van der Waals surface area contributed by atoms with Crippen molar-refractivity contribution >= 4 is 5.91 Å². The van der Waals surface area contributed by atoms with Crippen LogP contribution >= 0.6 is 0 Å². The lowest BCUT2D eigenvalue weighted by Crippen LogP contribution is -2.23. The minimum Gasteiger partial charge on any atom is -0.388 e. The second kappa shape index (κ2) is 5.22. The zero-order chi connectivity index (χ0) is 12.1. The van der Waals surface area contributed by atoms with Crippen LogP contribution in [0.5, 0.6) is 0 Å². The number of hydrogen-bond donors (Lipinski definition) is 3. The zero-order valence-corrected chi connectivity index (χ0v) is 9.05. The fourth-order valence-corrected chi connectivity index (χ4v) is 1.32. The number of aromatic amines is 1. The van der Waals surface area contributed by atoms with Gasteiger partial charge < -0.3 is 15.4 Å². The van der Waals surface area contributed by atoms with Gasteiger partial charge in [0.1, 0.15) is 18.1 Å². The van der Waals surface area contributed by atoms with Crippen molar-refractivity contribution < 1.29 is 9.90 Å². The largest absolute Gasteiger partial charge is 0.388 e. The van der Waals surface area contributed by atoms with Crippen LogP contribution < -0.4 is 5.32 Å². The molecule has 3 N–H and O–H groups in total. The molecule has 0 bridgehead atoms. The number of amides is 1. The van der Waals surface area contributed by atoms with Gasteiger partial charge >= 0.3 is 0 Å². The van der Waals surface area contributed by atoms with Crippen LogP contribution in [-0.2, 0) is 13.2 Å². The Kier molecular flexibility index (Phi) is 3.46. The molecule has 0 saturated carbocycles. The van der Waals surface area contributed by atoms with Crippen molar-refractivity contribution in [2.45, 2.75) is 13.2 Å². The maximum absolute atomic E-state index is 11.6. The zero-order valence-electron chi connectivity index (χ0n) is 9.05. The van der Waals surface area contributed by atoms with Crippen LogP contribution in [-0.4, -0.2) is 26.0 Å². The van der Waals surface area contributed by atoms with E-state index in [0.717, 1.165) is 5.69 Å². The molecule has 6 nitrogen and oxygen atoms in total. The molecule has 17 heavy (non-hydrogen) atoms. The van der Waals surface area contributed by atoms with E-state index < -0.39 is 0 Å². The first-order valence-corrected chi connectivity index (χ1v) is 5.13. The first kappa shape index (κ1) is 11.3. The average Bonchev–Trinajstić information content (AvgIpc) is 2.86. The number of aromatic nitrogens is 3. The first-order valence-electron chi connectivity index (χ1n) is 5.13. The normalized spacial score (nSPS) is 10.2. The molecule has 0 fully saturated rings.